The van der Waals surface area contributed by atoms with Gasteiger partial charge in [0.25, 0.3) is 0 Å². The van der Waals surface area contributed by atoms with E-state index in [1.54, 1.807) is 0 Å². The molecule has 0 unspecified atom stereocenters. The molecule has 0 aromatic carbocycles. The lowest BCUT2D eigenvalue weighted by Gasteiger charge is -2.10. The Morgan fingerprint density at radius 1 is 1.22 bits per heavy atom. The van der Waals surface area contributed by atoms with Crippen molar-refractivity contribution in [3.63, 3.8) is 0 Å². The molecule has 0 fully saturated rings. The first-order chi connectivity index (χ1) is 3.71. The molecule has 0 aliphatic rings. The van der Waals surface area contributed by atoms with Crippen LogP contribution >= 0.6 is 63.4 Å². The van der Waals surface area contributed by atoms with Gasteiger partial charge in [0.05, 0.1) is 0 Å². The molecule has 0 atom stereocenters. The molecule has 0 aromatic heterocycles. The molecule has 0 spiro atoms. The normalized spacial score (nSPS) is 13.9. The maximum Gasteiger partial charge on any atom is 0.383 e. The Kier molecular flexibility index (Phi) is 3.97. The third-order valence-electron chi connectivity index (χ3n) is 0.210. The van der Waals surface area contributed by atoms with Gasteiger partial charge in [0.2, 0.25) is 0 Å². The molecule has 56 valence electrons. The van der Waals surface area contributed by atoms with Crippen LogP contribution in [0.2, 0.25) is 0 Å². The molecule has 0 saturated heterocycles. The van der Waals surface area contributed by atoms with E-state index < -0.39 is 10.1 Å². The van der Waals surface area contributed by atoms with Crippen molar-refractivity contribution >= 4 is 63.4 Å². The molecule has 9 heavy (non-hydrogen) atoms. The highest BCUT2D eigenvalue weighted by molar-refractivity contribution is 8.05. The van der Waals surface area contributed by atoms with Gasteiger partial charge >= 0.3 is 10.1 Å². The highest BCUT2D eigenvalue weighted by atomic mass is 35.9. The maximum absolute atomic E-state index is 10.3. The van der Waals surface area contributed by atoms with Crippen LogP contribution in [-0.2, 0) is 9.09 Å². The Morgan fingerprint density at radius 2 is 1.56 bits per heavy atom. The topological polar surface area (TPSA) is 26.3 Å². The van der Waals surface area contributed by atoms with E-state index in [0.717, 1.165) is 0 Å². The van der Waals surface area contributed by atoms with Crippen molar-refractivity contribution in [2.75, 3.05) is 0 Å². The first-order valence-electron chi connectivity index (χ1n) is 1.47. The van der Waals surface area contributed by atoms with Crippen molar-refractivity contribution < 1.29 is 9.09 Å². The fraction of sp³-hybridized carbons (Fsp3) is 1.00. The lowest BCUT2D eigenvalue weighted by molar-refractivity contribution is 0.337. The third kappa shape index (κ3) is 9.64. The molecule has 8 heteroatoms. The number of alkyl halides is 3. The van der Waals surface area contributed by atoms with Crippen LogP contribution in [0.5, 0.6) is 0 Å². The first kappa shape index (κ1) is 10.6. The van der Waals surface area contributed by atoms with Crippen molar-refractivity contribution in [2.45, 2.75) is 3.98 Å². The number of halogens is 5. The van der Waals surface area contributed by atoms with Crippen LogP contribution in [0.4, 0.5) is 0 Å². The molecular weight excluding hydrogens is 252 g/mol. The minimum atomic E-state index is -3.74. The fourth-order valence-electron chi connectivity index (χ4n) is 0.121. The molecule has 0 aliphatic heterocycles. The molecule has 2 nitrogen and oxygen atoms in total. The summed E-state index contributed by atoms with van der Waals surface area (Å²) in [4.78, 5) is 0. The van der Waals surface area contributed by atoms with Crippen LogP contribution < -0.4 is 0 Å². The zero-order valence-corrected chi connectivity index (χ0v) is 8.33. The summed E-state index contributed by atoms with van der Waals surface area (Å²) < 4.78 is 12.2. The van der Waals surface area contributed by atoms with Crippen LogP contribution in [0.3, 0.4) is 0 Å². The van der Waals surface area contributed by atoms with E-state index in [9.17, 15) is 4.57 Å². The van der Waals surface area contributed by atoms with Crippen LogP contribution in [-0.4, -0.2) is 3.98 Å². The lowest BCUT2D eigenvalue weighted by Crippen LogP contribution is -2.02. The second-order valence-electron chi connectivity index (χ2n) is 0.951. The number of rotatable bonds is 1. The Labute approximate surface area is 76.3 Å². The van der Waals surface area contributed by atoms with Crippen LogP contribution in [0.1, 0.15) is 0 Å². The van der Waals surface area contributed by atoms with E-state index in [1.807, 2.05) is 0 Å². The summed E-state index contributed by atoms with van der Waals surface area (Å²) >= 11 is 24.7. The Hall–Kier alpha value is 1.64. The molecule has 0 bridgehead atoms. The van der Waals surface area contributed by atoms with E-state index in [0.29, 0.717) is 0 Å². The second kappa shape index (κ2) is 3.36. The Morgan fingerprint density at radius 3 is 1.56 bits per heavy atom. The molecular formula is CCl5O2P. The van der Waals surface area contributed by atoms with Crippen LogP contribution in [0.25, 0.3) is 0 Å². The Bertz CT molecular complexity index is 132. The summed E-state index contributed by atoms with van der Waals surface area (Å²) in [7, 11) is 0. The minimum Gasteiger partial charge on any atom is -0.256 e. The maximum atomic E-state index is 10.3. The van der Waals surface area contributed by atoms with Gasteiger partial charge in [-0.2, -0.15) is 0 Å². The SMILES string of the molecule is O=P(Cl)(Cl)OC(Cl)(Cl)Cl. The van der Waals surface area contributed by atoms with Gasteiger partial charge in [0.15, 0.2) is 0 Å². The summed E-state index contributed by atoms with van der Waals surface area (Å²) in [5, 5.41) is 0. The van der Waals surface area contributed by atoms with E-state index >= 15 is 0 Å². The number of hydrogen-bond acceptors (Lipinski definition) is 2. The van der Waals surface area contributed by atoms with Crippen molar-refractivity contribution in [1.82, 2.24) is 0 Å². The van der Waals surface area contributed by atoms with E-state index in [-0.39, 0.29) is 0 Å². The quantitative estimate of drug-likeness (QED) is 0.522. The average Bonchev–Trinajstić information content (AvgIpc) is 1.14. The summed E-state index contributed by atoms with van der Waals surface area (Å²) in [5.74, 6) is 0. The van der Waals surface area contributed by atoms with Gasteiger partial charge in [0, 0.05) is 0 Å². The molecule has 0 radical (unpaired) electrons. The summed E-state index contributed by atoms with van der Waals surface area (Å²) in [6, 6.07) is 0. The van der Waals surface area contributed by atoms with Crippen molar-refractivity contribution in [2.24, 2.45) is 0 Å². The summed E-state index contributed by atoms with van der Waals surface area (Å²) in [6.07, 6.45) is -3.74. The molecule has 0 amide bonds. The van der Waals surface area contributed by atoms with Gasteiger partial charge in [-0.15, -0.1) is 0 Å². The van der Waals surface area contributed by atoms with E-state index in [2.05, 4.69) is 4.52 Å². The Balaban J connectivity index is 3.90. The smallest absolute Gasteiger partial charge is 0.256 e. The van der Waals surface area contributed by atoms with E-state index in [4.69, 9.17) is 57.3 Å². The highest BCUT2D eigenvalue weighted by Gasteiger charge is 2.30. The molecule has 0 N–H and O–H groups in total. The standard InChI is InChI=1S/CCl5O2P/c2-1(3,4)8-9(5,6)7. The largest absolute Gasteiger partial charge is 0.383 e. The molecule has 0 saturated carbocycles. The van der Waals surface area contributed by atoms with Gasteiger partial charge in [-0.3, -0.25) is 9.09 Å². The molecule has 0 heterocycles. The third-order valence-corrected chi connectivity index (χ3v) is 1.66. The van der Waals surface area contributed by atoms with Gasteiger partial charge in [0.1, 0.15) is 0 Å². The predicted octanol–water partition coefficient (Wildman–Crippen LogP) is 3.92. The minimum absolute atomic E-state index is 2.13. The van der Waals surface area contributed by atoms with E-state index in [1.165, 1.54) is 0 Å². The summed E-state index contributed by atoms with van der Waals surface area (Å²) in [5.41, 5.74) is 0. The van der Waals surface area contributed by atoms with Crippen molar-refractivity contribution in [3.05, 3.63) is 0 Å². The zero-order valence-electron chi connectivity index (χ0n) is 3.65. The molecule has 0 rings (SSSR count). The molecule has 0 aromatic rings. The van der Waals surface area contributed by atoms with Crippen LogP contribution in [0, 0.1) is 0 Å². The fourth-order valence-corrected chi connectivity index (χ4v) is 2.49. The monoisotopic (exact) mass is 250 g/mol. The van der Waals surface area contributed by atoms with Gasteiger partial charge in [-0.1, -0.05) is 34.8 Å². The zero-order chi connectivity index (χ0) is 7.71. The molecule has 0 aliphatic carbocycles. The second-order valence-corrected chi connectivity index (χ2v) is 7.33. The summed E-state index contributed by atoms with van der Waals surface area (Å²) in [6.45, 7) is 0. The van der Waals surface area contributed by atoms with Crippen LogP contribution in [0.15, 0.2) is 0 Å². The van der Waals surface area contributed by atoms with Gasteiger partial charge in [-0.25, -0.2) is 0 Å². The first-order valence-corrected chi connectivity index (χ1v) is 6.04. The predicted molar refractivity (Wildman–Crippen MR) is 40.7 cm³/mol. The van der Waals surface area contributed by atoms with Gasteiger partial charge in [-0.05, 0) is 22.5 Å². The number of hydrogen-bond donors (Lipinski definition) is 0. The van der Waals surface area contributed by atoms with Crippen molar-refractivity contribution in [1.29, 1.82) is 0 Å². The van der Waals surface area contributed by atoms with Crippen molar-refractivity contribution in [3.8, 4) is 0 Å². The van der Waals surface area contributed by atoms with Gasteiger partial charge < -0.3 is 0 Å². The highest BCUT2D eigenvalue weighted by Crippen LogP contribution is 2.62. The average molecular weight is 252 g/mol. The lowest BCUT2D eigenvalue weighted by atomic mass is 11.7.